The topological polar surface area (TPSA) is 126 Å². The number of aromatic nitrogens is 2. The van der Waals surface area contributed by atoms with Crippen molar-refractivity contribution in [2.45, 2.75) is 18.9 Å². The van der Waals surface area contributed by atoms with Crippen LogP contribution < -0.4 is 20.9 Å². The SMILES string of the molecule is C=CC(=O)N1CCC(n2nc(C#Cc3cc(OC)cc(OC)c3)c(C(N)=O)c2N)CC1. The number of amides is 2. The van der Waals surface area contributed by atoms with Gasteiger partial charge in [-0.15, -0.1) is 0 Å². The summed E-state index contributed by atoms with van der Waals surface area (Å²) in [7, 11) is 3.10. The van der Waals surface area contributed by atoms with Crippen LogP contribution in [-0.2, 0) is 4.79 Å². The largest absolute Gasteiger partial charge is 0.497 e. The fourth-order valence-corrected chi connectivity index (χ4v) is 3.53. The van der Waals surface area contributed by atoms with Crippen LogP contribution in [0.25, 0.3) is 0 Å². The third-order valence-electron chi connectivity index (χ3n) is 5.17. The van der Waals surface area contributed by atoms with E-state index < -0.39 is 5.91 Å². The first kappa shape index (κ1) is 21.8. The van der Waals surface area contributed by atoms with Crippen LogP contribution in [0.1, 0.15) is 40.5 Å². The van der Waals surface area contributed by atoms with Crippen molar-refractivity contribution in [1.29, 1.82) is 0 Å². The van der Waals surface area contributed by atoms with Gasteiger partial charge < -0.3 is 25.8 Å². The van der Waals surface area contributed by atoms with Gasteiger partial charge in [0.05, 0.1) is 20.3 Å². The summed E-state index contributed by atoms with van der Waals surface area (Å²) < 4.78 is 12.1. The minimum atomic E-state index is -0.699. The molecule has 1 aromatic heterocycles. The van der Waals surface area contributed by atoms with Gasteiger partial charge in [-0.3, -0.25) is 9.59 Å². The minimum absolute atomic E-state index is 0.0700. The second kappa shape index (κ2) is 9.26. The number of ether oxygens (including phenoxy) is 2. The normalized spacial score (nSPS) is 13.8. The van der Waals surface area contributed by atoms with E-state index in [1.54, 1.807) is 42.0 Å². The molecule has 31 heavy (non-hydrogen) atoms. The molecule has 0 bridgehead atoms. The Bertz CT molecular complexity index is 1050. The average molecular weight is 423 g/mol. The van der Waals surface area contributed by atoms with Gasteiger partial charge in [0.2, 0.25) is 5.91 Å². The van der Waals surface area contributed by atoms with E-state index in [4.69, 9.17) is 20.9 Å². The van der Waals surface area contributed by atoms with Gasteiger partial charge in [0.25, 0.3) is 5.91 Å². The molecule has 1 fully saturated rings. The molecule has 2 heterocycles. The molecule has 1 saturated heterocycles. The highest BCUT2D eigenvalue weighted by molar-refractivity contribution is 5.99. The summed E-state index contributed by atoms with van der Waals surface area (Å²) in [5.74, 6) is 6.41. The van der Waals surface area contributed by atoms with Crippen molar-refractivity contribution in [3.63, 3.8) is 0 Å². The molecule has 0 spiro atoms. The molecule has 9 nitrogen and oxygen atoms in total. The van der Waals surface area contributed by atoms with Gasteiger partial charge in [0, 0.05) is 24.7 Å². The van der Waals surface area contributed by atoms with Crippen molar-refractivity contribution in [3.05, 3.63) is 47.7 Å². The zero-order valence-corrected chi connectivity index (χ0v) is 17.6. The predicted molar refractivity (Wildman–Crippen MR) is 116 cm³/mol. The number of anilines is 1. The standard InChI is InChI=1S/C22H25N5O4/c1-4-19(28)26-9-7-15(8-10-26)27-21(23)20(22(24)29)18(25-27)6-5-14-11-16(30-2)13-17(12-14)31-3/h4,11-13,15H,1,7-10,23H2,2-3H3,(H2,24,29). The Morgan fingerprint density at radius 2 is 1.77 bits per heavy atom. The monoisotopic (exact) mass is 423 g/mol. The van der Waals surface area contributed by atoms with Crippen LogP contribution in [0.15, 0.2) is 30.9 Å². The highest BCUT2D eigenvalue weighted by Crippen LogP contribution is 2.28. The van der Waals surface area contributed by atoms with Crippen molar-refractivity contribution in [2.75, 3.05) is 33.0 Å². The first-order valence-corrected chi connectivity index (χ1v) is 9.72. The van der Waals surface area contributed by atoms with E-state index in [0.717, 1.165) is 0 Å². The third-order valence-corrected chi connectivity index (χ3v) is 5.17. The van der Waals surface area contributed by atoms with Crippen molar-refractivity contribution in [1.82, 2.24) is 14.7 Å². The highest BCUT2D eigenvalue weighted by Gasteiger charge is 2.28. The van der Waals surface area contributed by atoms with Gasteiger partial charge >= 0.3 is 0 Å². The summed E-state index contributed by atoms with van der Waals surface area (Å²) in [5.41, 5.74) is 12.7. The lowest BCUT2D eigenvalue weighted by Gasteiger charge is -2.31. The summed E-state index contributed by atoms with van der Waals surface area (Å²) in [4.78, 5) is 25.6. The number of methoxy groups -OCH3 is 2. The second-order valence-electron chi connectivity index (χ2n) is 7.03. The van der Waals surface area contributed by atoms with E-state index in [1.807, 2.05) is 0 Å². The maximum atomic E-state index is 12.0. The third kappa shape index (κ3) is 4.64. The molecule has 9 heteroatoms. The van der Waals surface area contributed by atoms with E-state index in [9.17, 15) is 9.59 Å². The molecule has 2 amide bonds. The van der Waals surface area contributed by atoms with Crippen LogP contribution in [0.5, 0.6) is 11.5 Å². The summed E-state index contributed by atoms with van der Waals surface area (Å²) in [6, 6.07) is 5.15. The van der Waals surface area contributed by atoms with Gasteiger partial charge in [-0.2, -0.15) is 5.10 Å². The Morgan fingerprint density at radius 3 is 2.29 bits per heavy atom. The van der Waals surface area contributed by atoms with Crippen molar-refractivity contribution in [2.24, 2.45) is 5.73 Å². The Labute approximate surface area is 180 Å². The maximum Gasteiger partial charge on any atom is 0.255 e. The van der Waals surface area contributed by atoms with Gasteiger partial charge in [-0.25, -0.2) is 4.68 Å². The number of nitrogen functional groups attached to an aromatic ring is 1. The predicted octanol–water partition coefficient (Wildman–Crippen LogP) is 1.33. The van der Waals surface area contributed by atoms with Gasteiger partial charge in [0.15, 0.2) is 5.69 Å². The molecule has 162 valence electrons. The van der Waals surface area contributed by atoms with E-state index >= 15 is 0 Å². The summed E-state index contributed by atoms with van der Waals surface area (Å²) in [5, 5.41) is 4.48. The maximum absolute atomic E-state index is 12.0. The lowest BCUT2D eigenvalue weighted by atomic mass is 10.0. The molecule has 2 aromatic rings. The van der Waals surface area contributed by atoms with Crippen LogP contribution in [0.2, 0.25) is 0 Å². The first-order valence-electron chi connectivity index (χ1n) is 9.72. The number of likely N-dealkylation sites (tertiary alicyclic amines) is 1. The molecule has 1 aromatic carbocycles. The molecule has 0 aliphatic carbocycles. The van der Waals surface area contributed by atoms with Crippen molar-refractivity contribution in [3.8, 4) is 23.3 Å². The molecular formula is C22H25N5O4. The Morgan fingerprint density at radius 1 is 1.16 bits per heavy atom. The number of carbonyl (C=O) groups is 2. The molecule has 4 N–H and O–H groups in total. The molecule has 1 aliphatic rings. The van der Waals surface area contributed by atoms with Crippen LogP contribution in [-0.4, -0.2) is 53.8 Å². The number of piperidine rings is 1. The zero-order chi connectivity index (χ0) is 22.5. The molecule has 0 radical (unpaired) electrons. The van der Waals surface area contributed by atoms with Crippen molar-refractivity contribution >= 4 is 17.6 Å². The van der Waals surface area contributed by atoms with Gasteiger partial charge in [-0.05, 0) is 37.0 Å². The van der Waals surface area contributed by atoms with Crippen LogP contribution in [0.4, 0.5) is 5.82 Å². The lowest BCUT2D eigenvalue weighted by molar-refractivity contribution is -0.127. The number of nitrogens with two attached hydrogens (primary N) is 2. The summed E-state index contributed by atoms with van der Waals surface area (Å²) >= 11 is 0. The number of hydrogen-bond acceptors (Lipinski definition) is 6. The van der Waals surface area contributed by atoms with Crippen LogP contribution in [0.3, 0.4) is 0 Å². The van der Waals surface area contributed by atoms with Crippen LogP contribution in [0, 0.1) is 11.8 Å². The summed E-state index contributed by atoms with van der Waals surface area (Å²) in [6.45, 7) is 4.61. The van der Waals surface area contributed by atoms with Gasteiger partial charge in [-0.1, -0.05) is 12.5 Å². The second-order valence-corrected chi connectivity index (χ2v) is 7.03. The number of rotatable bonds is 5. The number of benzene rings is 1. The summed E-state index contributed by atoms with van der Waals surface area (Å²) in [6.07, 6.45) is 2.59. The number of hydrogen-bond donors (Lipinski definition) is 2. The molecule has 0 atom stereocenters. The number of carbonyl (C=O) groups excluding carboxylic acids is 2. The first-order chi connectivity index (χ1) is 14.9. The smallest absolute Gasteiger partial charge is 0.255 e. The van der Waals surface area contributed by atoms with E-state index in [0.29, 0.717) is 43.0 Å². The number of nitrogens with zero attached hydrogens (tertiary/aromatic N) is 3. The quantitative estimate of drug-likeness (QED) is 0.552. The van der Waals surface area contributed by atoms with Gasteiger partial charge in [0.1, 0.15) is 22.9 Å². The van der Waals surface area contributed by atoms with Crippen LogP contribution >= 0.6 is 0 Å². The fraction of sp³-hybridized carbons (Fsp3) is 0.318. The van der Waals surface area contributed by atoms with Crippen molar-refractivity contribution < 1.29 is 19.1 Å². The molecule has 0 unspecified atom stereocenters. The Hall–Kier alpha value is -3.93. The minimum Gasteiger partial charge on any atom is -0.497 e. The van der Waals surface area contributed by atoms with E-state index in [2.05, 4.69) is 23.5 Å². The van der Waals surface area contributed by atoms with E-state index in [-0.39, 0.29) is 29.0 Å². The Balaban J connectivity index is 1.92. The highest BCUT2D eigenvalue weighted by atomic mass is 16.5. The molecular weight excluding hydrogens is 398 g/mol. The molecule has 0 saturated carbocycles. The fourth-order valence-electron chi connectivity index (χ4n) is 3.53. The molecule has 3 rings (SSSR count). The zero-order valence-electron chi connectivity index (χ0n) is 17.6. The molecule has 1 aliphatic heterocycles. The van der Waals surface area contributed by atoms with E-state index in [1.165, 1.54) is 6.08 Å². The average Bonchev–Trinajstić information content (AvgIpc) is 3.13. The number of primary amides is 1. The Kier molecular flexibility index (Phi) is 6.50. The lowest BCUT2D eigenvalue weighted by Crippen LogP contribution is -2.38.